The zero-order valence-corrected chi connectivity index (χ0v) is 12.9. The Kier molecular flexibility index (Phi) is 4.63. The molecule has 4 nitrogen and oxygen atoms in total. The number of benzene rings is 1. The van der Waals surface area contributed by atoms with Crippen LogP contribution >= 0.6 is 0 Å². The van der Waals surface area contributed by atoms with E-state index in [4.69, 9.17) is 0 Å². The van der Waals surface area contributed by atoms with Gasteiger partial charge in [-0.1, -0.05) is 30.3 Å². The first kappa shape index (κ1) is 14.9. The summed E-state index contributed by atoms with van der Waals surface area (Å²) in [5, 5.41) is 0. The SMILES string of the molecule is Cc1cnc(F)nc1N1CCCN(Cc2ccccc2)CC1. The number of aryl methyl sites for hydroxylation is 1. The van der Waals surface area contributed by atoms with Crippen molar-refractivity contribution in [2.24, 2.45) is 0 Å². The lowest BCUT2D eigenvalue weighted by molar-refractivity contribution is 0.285. The quantitative estimate of drug-likeness (QED) is 0.816. The molecule has 0 saturated carbocycles. The molecule has 2 aromatic rings. The van der Waals surface area contributed by atoms with E-state index in [9.17, 15) is 4.39 Å². The lowest BCUT2D eigenvalue weighted by atomic mass is 10.2. The minimum Gasteiger partial charge on any atom is -0.355 e. The zero-order chi connectivity index (χ0) is 15.4. The number of anilines is 1. The molecule has 0 bridgehead atoms. The second-order valence-corrected chi connectivity index (χ2v) is 5.75. The van der Waals surface area contributed by atoms with Crippen molar-refractivity contribution in [2.45, 2.75) is 19.9 Å². The Morgan fingerprint density at radius 1 is 1.09 bits per heavy atom. The third-order valence-electron chi connectivity index (χ3n) is 4.05. The molecule has 3 rings (SSSR count). The van der Waals surface area contributed by atoms with Gasteiger partial charge in [0.1, 0.15) is 5.82 Å². The molecular formula is C17H21FN4. The van der Waals surface area contributed by atoms with E-state index in [1.807, 2.05) is 13.0 Å². The summed E-state index contributed by atoms with van der Waals surface area (Å²) in [4.78, 5) is 12.2. The van der Waals surface area contributed by atoms with Crippen LogP contribution in [0, 0.1) is 13.0 Å². The van der Waals surface area contributed by atoms with E-state index >= 15 is 0 Å². The summed E-state index contributed by atoms with van der Waals surface area (Å²) in [5.41, 5.74) is 2.26. The summed E-state index contributed by atoms with van der Waals surface area (Å²) in [7, 11) is 0. The second-order valence-electron chi connectivity index (χ2n) is 5.75. The molecule has 0 amide bonds. The number of hydrogen-bond acceptors (Lipinski definition) is 4. The van der Waals surface area contributed by atoms with Gasteiger partial charge in [0.05, 0.1) is 0 Å². The van der Waals surface area contributed by atoms with Crippen LogP contribution in [-0.2, 0) is 6.54 Å². The highest BCUT2D eigenvalue weighted by molar-refractivity contribution is 5.44. The van der Waals surface area contributed by atoms with Gasteiger partial charge in [0.2, 0.25) is 0 Å². The van der Waals surface area contributed by atoms with E-state index in [1.54, 1.807) is 6.20 Å². The van der Waals surface area contributed by atoms with Gasteiger partial charge in [0.15, 0.2) is 0 Å². The van der Waals surface area contributed by atoms with Crippen LogP contribution in [0.15, 0.2) is 36.5 Å². The molecule has 2 heterocycles. The van der Waals surface area contributed by atoms with Gasteiger partial charge < -0.3 is 4.90 Å². The number of nitrogens with zero attached hydrogens (tertiary/aromatic N) is 4. The van der Waals surface area contributed by atoms with Crippen molar-refractivity contribution in [3.63, 3.8) is 0 Å². The first-order valence-electron chi connectivity index (χ1n) is 7.73. The van der Waals surface area contributed by atoms with E-state index in [0.29, 0.717) is 0 Å². The number of rotatable bonds is 3. The number of halogens is 1. The third-order valence-corrected chi connectivity index (χ3v) is 4.05. The van der Waals surface area contributed by atoms with Gasteiger partial charge in [-0.25, -0.2) is 4.98 Å². The highest BCUT2D eigenvalue weighted by Crippen LogP contribution is 2.18. The summed E-state index contributed by atoms with van der Waals surface area (Å²) >= 11 is 0. The van der Waals surface area contributed by atoms with Gasteiger partial charge in [-0.05, 0) is 18.9 Å². The van der Waals surface area contributed by atoms with Crippen molar-refractivity contribution in [2.75, 3.05) is 31.1 Å². The van der Waals surface area contributed by atoms with Crippen LogP contribution in [0.3, 0.4) is 0 Å². The first-order valence-corrected chi connectivity index (χ1v) is 7.73. The Hall–Kier alpha value is -2.01. The van der Waals surface area contributed by atoms with Crippen LogP contribution < -0.4 is 4.90 Å². The molecule has 0 atom stereocenters. The van der Waals surface area contributed by atoms with E-state index in [1.165, 1.54) is 5.56 Å². The molecule has 116 valence electrons. The van der Waals surface area contributed by atoms with E-state index in [0.717, 1.165) is 50.5 Å². The Morgan fingerprint density at radius 2 is 1.91 bits per heavy atom. The Morgan fingerprint density at radius 3 is 2.73 bits per heavy atom. The maximum Gasteiger partial charge on any atom is 0.310 e. The van der Waals surface area contributed by atoms with Gasteiger partial charge in [-0.2, -0.15) is 9.37 Å². The predicted octanol–water partition coefficient (Wildman–Crippen LogP) is 2.64. The van der Waals surface area contributed by atoms with Crippen LogP contribution in [0.5, 0.6) is 0 Å². The molecule has 0 aliphatic carbocycles. The lowest BCUT2D eigenvalue weighted by Gasteiger charge is -2.23. The van der Waals surface area contributed by atoms with Crippen molar-refractivity contribution < 1.29 is 4.39 Å². The first-order chi connectivity index (χ1) is 10.7. The molecule has 22 heavy (non-hydrogen) atoms. The Labute approximate surface area is 130 Å². The maximum atomic E-state index is 13.3. The maximum absolute atomic E-state index is 13.3. The standard InChI is InChI=1S/C17H21FN4/c1-14-12-19-17(18)20-16(14)22-9-5-8-21(10-11-22)13-15-6-3-2-4-7-15/h2-4,6-7,12H,5,8-11,13H2,1H3. The fourth-order valence-electron chi connectivity index (χ4n) is 2.91. The topological polar surface area (TPSA) is 32.3 Å². The molecule has 1 saturated heterocycles. The second kappa shape index (κ2) is 6.83. The predicted molar refractivity (Wildman–Crippen MR) is 85.3 cm³/mol. The normalized spacial score (nSPS) is 16.5. The molecule has 1 aromatic heterocycles. The molecule has 0 N–H and O–H groups in total. The molecule has 0 radical (unpaired) electrons. The van der Waals surface area contributed by atoms with Crippen LogP contribution in [0.2, 0.25) is 0 Å². The molecule has 1 aliphatic heterocycles. The Balaban J connectivity index is 1.66. The lowest BCUT2D eigenvalue weighted by Crippen LogP contribution is -2.31. The minimum atomic E-state index is -0.647. The molecule has 1 aliphatic rings. The molecular weight excluding hydrogens is 279 g/mol. The van der Waals surface area contributed by atoms with Gasteiger partial charge in [0, 0.05) is 44.5 Å². The average Bonchev–Trinajstić information content (AvgIpc) is 2.76. The van der Waals surface area contributed by atoms with E-state index < -0.39 is 6.08 Å². The van der Waals surface area contributed by atoms with Crippen LogP contribution in [0.1, 0.15) is 17.5 Å². The van der Waals surface area contributed by atoms with Crippen molar-refractivity contribution in [1.82, 2.24) is 14.9 Å². The largest absolute Gasteiger partial charge is 0.355 e. The number of hydrogen-bond donors (Lipinski definition) is 0. The van der Waals surface area contributed by atoms with Crippen molar-refractivity contribution in [1.29, 1.82) is 0 Å². The van der Waals surface area contributed by atoms with Crippen molar-refractivity contribution in [3.8, 4) is 0 Å². The van der Waals surface area contributed by atoms with Gasteiger partial charge in [0.25, 0.3) is 0 Å². The molecule has 1 fully saturated rings. The van der Waals surface area contributed by atoms with Crippen molar-refractivity contribution in [3.05, 3.63) is 53.7 Å². The summed E-state index contributed by atoms with van der Waals surface area (Å²) < 4.78 is 13.3. The Bertz CT molecular complexity index is 617. The third kappa shape index (κ3) is 3.60. The van der Waals surface area contributed by atoms with Crippen LogP contribution in [0.25, 0.3) is 0 Å². The van der Waals surface area contributed by atoms with Gasteiger partial charge in [-0.15, -0.1) is 0 Å². The molecule has 1 aromatic carbocycles. The zero-order valence-electron chi connectivity index (χ0n) is 12.9. The monoisotopic (exact) mass is 300 g/mol. The van der Waals surface area contributed by atoms with Crippen molar-refractivity contribution >= 4 is 5.82 Å². The molecule has 0 spiro atoms. The van der Waals surface area contributed by atoms with E-state index in [2.05, 4.69) is 44.0 Å². The summed E-state index contributed by atoms with van der Waals surface area (Å²) in [6, 6.07) is 10.5. The van der Waals surface area contributed by atoms with Gasteiger partial charge >= 0.3 is 6.08 Å². The molecule has 5 heteroatoms. The minimum absolute atomic E-state index is 0.647. The number of aromatic nitrogens is 2. The fourth-order valence-corrected chi connectivity index (χ4v) is 2.91. The average molecular weight is 300 g/mol. The summed E-state index contributed by atoms with van der Waals surface area (Å²) in [5.74, 6) is 0.731. The summed E-state index contributed by atoms with van der Waals surface area (Å²) in [6.07, 6.45) is 1.97. The highest BCUT2D eigenvalue weighted by Gasteiger charge is 2.18. The van der Waals surface area contributed by atoms with Crippen LogP contribution in [-0.4, -0.2) is 41.0 Å². The van der Waals surface area contributed by atoms with Crippen LogP contribution in [0.4, 0.5) is 10.2 Å². The van der Waals surface area contributed by atoms with E-state index in [-0.39, 0.29) is 0 Å². The van der Waals surface area contributed by atoms with Gasteiger partial charge in [-0.3, -0.25) is 4.90 Å². The smallest absolute Gasteiger partial charge is 0.310 e. The molecule has 0 unspecified atom stereocenters. The highest BCUT2D eigenvalue weighted by atomic mass is 19.1. The summed E-state index contributed by atoms with van der Waals surface area (Å²) in [6.45, 7) is 6.68. The fraction of sp³-hybridized carbons (Fsp3) is 0.412.